The molecular formula is C12H12N2O2. The van der Waals surface area contributed by atoms with E-state index in [-0.39, 0.29) is 10.6 Å². The highest BCUT2D eigenvalue weighted by Gasteiger charge is 2.08. The molecular weight excluding hydrogens is 204 g/mol. The third kappa shape index (κ3) is 1.82. The minimum absolute atomic E-state index is 0.119. The minimum Gasteiger partial charge on any atom is -0.362 e. The summed E-state index contributed by atoms with van der Waals surface area (Å²) in [5.41, 5.74) is 4.37. The van der Waals surface area contributed by atoms with E-state index >= 15 is 0 Å². The molecule has 16 heavy (non-hydrogen) atoms. The molecule has 1 N–H and O–H groups in total. The van der Waals surface area contributed by atoms with Gasteiger partial charge in [0.15, 0.2) is 0 Å². The minimum atomic E-state index is -0.390. The molecule has 0 spiro atoms. The molecule has 2 aromatic rings. The van der Waals surface area contributed by atoms with E-state index in [1.807, 2.05) is 19.9 Å². The molecule has 0 amide bonds. The third-order valence-electron chi connectivity index (χ3n) is 2.54. The Labute approximate surface area is 93.1 Å². The van der Waals surface area contributed by atoms with Crippen molar-refractivity contribution in [2.24, 2.45) is 0 Å². The maximum Gasteiger partial charge on any atom is 0.269 e. The summed E-state index contributed by atoms with van der Waals surface area (Å²) in [5, 5.41) is 10.5. The number of aryl methyl sites for hydroxylation is 2. The largest absolute Gasteiger partial charge is 0.362 e. The fourth-order valence-electron chi connectivity index (χ4n) is 1.79. The molecule has 0 aliphatic heterocycles. The summed E-state index contributed by atoms with van der Waals surface area (Å²) in [4.78, 5) is 13.3. The smallest absolute Gasteiger partial charge is 0.269 e. The summed E-state index contributed by atoms with van der Waals surface area (Å²) < 4.78 is 0. The zero-order valence-electron chi connectivity index (χ0n) is 9.15. The van der Waals surface area contributed by atoms with Crippen molar-refractivity contribution in [3.8, 4) is 11.1 Å². The molecule has 1 aromatic heterocycles. The van der Waals surface area contributed by atoms with Gasteiger partial charge in [0.2, 0.25) is 0 Å². The van der Waals surface area contributed by atoms with Crippen molar-refractivity contribution in [3.05, 3.63) is 51.8 Å². The molecule has 1 aromatic carbocycles. The van der Waals surface area contributed by atoms with Gasteiger partial charge in [0.1, 0.15) is 0 Å². The molecule has 1 heterocycles. The Morgan fingerprint density at radius 3 is 2.25 bits per heavy atom. The Morgan fingerprint density at radius 1 is 1.19 bits per heavy atom. The van der Waals surface area contributed by atoms with E-state index in [2.05, 4.69) is 4.98 Å². The molecule has 0 bridgehead atoms. The molecule has 0 aliphatic rings. The highest BCUT2D eigenvalue weighted by molar-refractivity contribution is 5.67. The summed E-state index contributed by atoms with van der Waals surface area (Å²) >= 11 is 0. The van der Waals surface area contributed by atoms with Gasteiger partial charge in [-0.05, 0) is 37.6 Å². The lowest BCUT2D eigenvalue weighted by atomic mass is 10.1. The van der Waals surface area contributed by atoms with E-state index < -0.39 is 0 Å². The molecule has 4 nitrogen and oxygen atoms in total. The highest BCUT2D eigenvalue weighted by atomic mass is 16.6. The van der Waals surface area contributed by atoms with Crippen LogP contribution in [-0.4, -0.2) is 9.91 Å². The predicted molar refractivity (Wildman–Crippen MR) is 62.4 cm³/mol. The molecule has 82 valence electrons. The first kappa shape index (κ1) is 10.4. The first-order valence-corrected chi connectivity index (χ1v) is 4.99. The number of aromatic nitrogens is 1. The second-order valence-electron chi connectivity index (χ2n) is 3.80. The van der Waals surface area contributed by atoms with E-state index in [9.17, 15) is 10.1 Å². The van der Waals surface area contributed by atoms with Crippen molar-refractivity contribution in [1.29, 1.82) is 0 Å². The van der Waals surface area contributed by atoms with Crippen LogP contribution in [0.1, 0.15) is 11.4 Å². The molecule has 2 rings (SSSR count). The zero-order chi connectivity index (χ0) is 11.7. The number of nitrogens with one attached hydrogen (secondary N) is 1. The van der Waals surface area contributed by atoms with Gasteiger partial charge in [-0.2, -0.15) is 0 Å². The number of aromatic amines is 1. The summed E-state index contributed by atoms with van der Waals surface area (Å²) in [5.74, 6) is 0. The number of nitro benzene ring substituents is 1. The Hall–Kier alpha value is -2.10. The van der Waals surface area contributed by atoms with E-state index in [1.165, 1.54) is 12.1 Å². The van der Waals surface area contributed by atoms with E-state index in [0.29, 0.717) is 0 Å². The van der Waals surface area contributed by atoms with Crippen LogP contribution >= 0.6 is 0 Å². The van der Waals surface area contributed by atoms with E-state index in [4.69, 9.17) is 0 Å². The van der Waals surface area contributed by atoms with E-state index in [1.54, 1.807) is 12.1 Å². The van der Waals surface area contributed by atoms with Gasteiger partial charge in [-0.3, -0.25) is 10.1 Å². The maximum absolute atomic E-state index is 10.5. The lowest BCUT2D eigenvalue weighted by Gasteiger charge is -1.99. The molecule has 0 fully saturated rings. The lowest BCUT2D eigenvalue weighted by molar-refractivity contribution is -0.384. The average molecular weight is 216 g/mol. The van der Waals surface area contributed by atoms with Crippen molar-refractivity contribution in [2.75, 3.05) is 0 Å². The third-order valence-corrected chi connectivity index (χ3v) is 2.54. The Morgan fingerprint density at radius 2 is 1.81 bits per heavy atom. The van der Waals surface area contributed by atoms with Crippen molar-refractivity contribution < 1.29 is 4.92 Å². The summed E-state index contributed by atoms with van der Waals surface area (Å²) in [7, 11) is 0. The topological polar surface area (TPSA) is 58.9 Å². The lowest BCUT2D eigenvalue weighted by Crippen LogP contribution is -1.87. The van der Waals surface area contributed by atoms with Crippen LogP contribution in [0.4, 0.5) is 5.69 Å². The summed E-state index contributed by atoms with van der Waals surface area (Å²) in [6.45, 7) is 3.98. The summed E-state index contributed by atoms with van der Waals surface area (Å²) in [6.07, 6.45) is 0. The number of hydrogen-bond acceptors (Lipinski definition) is 2. The fraction of sp³-hybridized carbons (Fsp3) is 0.167. The molecule has 4 heteroatoms. The molecule has 0 radical (unpaired) electrons. The number of benzene rings is 1. The van der Waals surface area contributed by atoms with Crippen LogP contribution in [0.3, 0.4) is 0 Å². The number of nitro groups is 1. The Bertz CT molecular complexity index is 526. The quantitative estimate of drug-likeness (QED) is 0.619. The van der Waals surface area contributed by atoms with Crippen LogP contribution in [0.5, 0.6) is 0 Å². The van der Waals surface area contributed by atoms with Crippen molar-refractivity contribution in [3.63, 3.8) is 0 Å². The van der Waals surface area contributed by atoms with Crippen LogP contribution in [0.25, 0.3) is 11.1 Å². The number of hydrogen-bond donors (Lipinski definition) is 1. The van der Waals surface area contributed by atoms with Crippen LogP contribution in [-0.2, 0) is 0 Å². The van der Waals surface area contributed by atoms with Gasteiger partial charge in [-0.15, -0.1) is 0 Å². The first-order valence-electron chi connectivity index (χ1n) is 4.99. The normalized spacial score (nSPS) is 10.4. The first-order chi connectivity index (χ1) is 7.58. The van der Waals surface area contributed by atoms with Crippen LogP contribution < -0.4 is 0 Å². The second-order valence-corrected chi connectivity index (χ2v) is 3.80. The van der Waals surface area contributed by atoms with Crippen LogP contribution in [0.15, 0.2) is 30.3 Å². The van der Waals surface area contributed by atoms with Crippen LogP contribution in [0, 0.1) is 24.0 Å². The average Bonchev–Trinajstić information content (AvgIpc) is 2.58. The number of rotatable bonds is 2. The van der Waals surface area contributed by atoms with Gasteiger partial charge in [-0.1, -0.05) is 0 Å². The SMILES string of the molecule is Cc1cc(-c2ccc([N+](=O)[O-])cc2)c(C)[nH]1. The van der Waals surface area contributed by atoms with Gasteiger partial charge in [0.05, 0.1) is 4.92 Å². The highest BCUT2D eigenvalue weighted by Crippen LogP contribution is 2.25. The van der Waals surface area contributed by atoms with Gasteiger partial charge in [0.25, 0.3) is 5.69 Å². The van der Waals surface area contributed by atoms with Gasteiger partial charge < -0.3 is 4.98 Å². The van der Waals surface area contributed by atoms with Crippen LogP contribution in [0.2, 0.25) is 0 Å². The van der Waals surface area contributed by atoms with Crippen molar-refractivity contribution >= 4 is 5.69 Å². The Kier molecular flexibility index (Phi) is 2.48. The standard InChI is InChI=1S/C12H12N2O2/c1-8-7-12(9(2)13-8)10-3-5-11(6-4-10)14(15)16/h3-7,13H,1-2H3. The monoisotopic (exact) mass is 216 g/mol. The zero-order valence-corrected chi connectivity index (χ0v) is 9.15. The van der Waals surface area contributed by atoms with Gasteiger partial charge in [-0.25, -0.2) is 0 Å². The molecule has 0 saturated carbocycles. The van der Waals surface area contributed by atoms with Gasteiger partial charge >= 0.3 is 0 Å². The Balaban J connectivity index is 2.42. The molecule has 0 saturated heterocycles. The number of non-ortho nitro benzene ring substituents is 1. The van der Waals surface area contributed by atoms with Crippen molar-refractivity contribution in [1.82, 2.24) is 4.98 Å². The van der Waals surface area contributed by atoms with Gasteiger partial charge in [0, 0.05) is 29.1 Å². The number of H-pyrrole nitrogens is 1. The summed E-state index contributed by atoms with van der Waals surface area (Å²) in [6, 6.07) is 8.63. The maximum atomic E-state index is 10.5. The molecule has 0 aliphatic carbocycles. The van der Waals surface area contributed by atoms with E-state index in [0.717, 1.165) is 22.5 Å². The predicted octanol–water partition coefficient (Wildman–Crippen LogP) is 3.21. The molecule has 0 atom stereocenters. The van der Waals surface area contributed by atoms with Crippen molar-refractivity contribution in [2.45, 2.75) is 13.8 Å². The fourth-order valence-corrected chi connectivity index (χ4v) is 1.79. The number of nitrogens with zero attached hydrogens (tertiary/aromatic N) is 1. The second kappa shape index (κ2) is 3.81. The molecule has 0 unspecified atom stereocenters.